The van der Waals surface area contributed by atoms with Crippen molar-refractivity contribution in [1.29, 1.82) is 0 Å². The standard InChI is InChI=1S/C14H24N4O/c1-15-9-12-8-14(19-16-12)11-17-6-7-18-5-3-2-4-13(18)10-17/h8,13,15H,2-7,9-11H2,1H3. The van der Waals surface area contributed by atoms with E-state index in [2.05, 4.69) is 26.3 Å². The third-order valence-electron chi connectivity index (χ3n) is 4.27. The van der Waals surface area contributed by atoms with Crippen molar-refractivity contribution in [1.82, 2.24) is 20.3 Å². The van der Waals surface area contributed by atoms with E-state index in [-0.39, 0.29) is 0 Å². The summed E-state index contributed by atoms with van der Waals surface area (Å²) in [5.41, 5.74) is 0.994. The predicted molar refractivity (Wildman–Crippen MR) is 73.8 cm³/mol. The first-order valence-electron chi connectivity index (χ1n) is 7.40. The molecule has 0 aromatic carbocycles. The molecule has 0 radical (unpaired) electrons. The molecule has 2 aliphatic heterocycles. The lowest BCUT2D eigenvalue weighted by molar-refractivity contribution is 0.0417. The smallest absolute Gasteiger partial charge is 0.151 e. The third kappa shape index (κ3) is 3.16. The lowest BCUT2D eigenvalue weighted by atomic mass is 9.99. The van der Waals surface area contributed by atoms with Crippen molar-refractivity contribution in [3.63, 3.8) is 0 Å². The minimum atomic E-state index is 0.766. The Labute approximate surface area is 114 Å². The zero-order chi connectivity index (χ0) is 13.1. The van der Waals surface area contributed by atoms with E-state index in [0.717, 1.165) is 37.1 Å². The van der Waals surface area contributed by atoms with Gasteiger partial charge in [0.15, 0.2) is 5.76 Å². The van der Waals surface area contributed by atoms with Gasteiger partial charge in [0.05, 0.1) is 12.2 Å². The van der Waals surface area contributed by atoms with Crippen LogP contribution in [-0.4, -0.2) is 54.2 Å². The number of rotatable bonds is 4. The van der Waals surface area contributed by atoms with Gasteiger partial charge in [-0.25, -0.2) is 0 Å². The van der Waals surface area contributed by atoms with E-state index in [9.17, 15) is 0 Å². The highest BCUT2D eigenvalue weighted by atomic mass is 16.5. The van der Waals surface area contributed by atoms with Crippen LogP contribution in [0.2, 0.25) is 0 Å². The second kappa shape index (κ2) is 6.03. The molecule has 1 unspecified atom stereocenters. The van der Waals surface area contributed by atoms with E-state index < -0.39 is 0 Å². The Hall–Kier alpha value is -0.910. The number of hydrogen-bond donors (Lipinski definition) is 1. The summed E-state index contributed by atoms with van der Waals surface area (Å²) in [4.78, 5) is 5.17. The second-order valence-corrected chi connectivity index (χ2v) is 5.74. The van der Waals surface area contributed by atoms with Gasteiger partial charge in [-0.15, -0.1) is 0 Å². The van der Waals surface area contributed by atoms with E-state index >= 15 is 0 Å². The maximum atomic E-state index is 5.41. The minimum Gasteiger partial charge on any atom is -0.360 e. The number of nitrogens with zero attached hydrogens (tertiary/aromatic N) is 3. The van der Waals surface area contributed by atoms with Gasteiger partial charge >= 0.3 is 0 Å². The Morgan fingerprint density at radius 3 is 3.21 bits per heavy atom. The van der Waals surface area contributed by atoms with Gasteiger partial charge < -0.3 is 9.84 Å². The van der Waals surface area contributed by atoms with Gasteiger partial charge in [-0.2, -0.15) is 0 Å². The van der Waals surface area contributed by atoms with Crippen molar-refractivity contribution in [3.8, 4) is 0 Å². The van der Waals surface area contributed by atoms with Crippen molar-refractivity contribution >= 4 is 0 Å². The zero-order valence-electron chi connectivity index (χ0n) is 11.8. The van der Waals surface area contributed by atoms with Crippen molar-refractivity contribution in [2.24, 2.45) is 0 Å². The van der Waals surface area contributed by atoms with Crippen LogP contribution in [0.25, 0.3) is 0 Å². The molecular weight excluding hydrogens is 240 g/mol. The quantitative estimate of drug-likeness (QED) is 0.881. The van der Waals surface area contributed by atoms with Crippen LogP contribution < -0.4 is 5.32 Å². The molecular formula is C14H24N4O. The van der Waals surface area contributed by atoms with E-state index in [1.165, 1.54) is 38.9 Å². The fraction of sp³-hybridized carbons (Fsp3) is 0.786. The van der Waals surface area contributed by atoms with Crippen molar-refractivity contribution in [2.75, 3.05) is 33.2 Å². The molecule has 2 saturated heterocycles. The van der Waals surface area contributed by atoms with Crippen molar-refractivity contribution < 1.29 is 4.52 Å². The molecule has 19 heavy (non-hydrogen) atoms. The highest BCUT2D eigenvalue weighted by molar-refractivity contribution is 5.05. The molecule has 5 nitrogen and oxygen atoms in total. The summed E-state index contributed by atoms with van der Waals surface area (Å²) >= 11 is 0. The maximum Gasteiger partial charge on any atom is 0.151 e. The first-order valence-corrected chi connectivity index (χ1v) is 7.40. The lowest BCUT2D eigenvalue weighted by Gasteiger charge is -2.43. The van der Waals surface area contributed by atoms with Crippen LogP contribution in [0.3, 0.4) is 0 Å². The van der Waals surface area contributed by atoms with Gasteiger partial charge in [-0.3, -0.25) is 9.80 Å². The molecule has 1 aromatic heterocycles. The third-order valence-corrected chi connectivity index (χ3v) is 4.27. The highest BCUT2D eigenvalue weighted by Gasteiger charge is 2.29. The average Bonchev–Trinajstić information content (AvgIpc) is 2.86. The number of aromatic nitrogens is 1. The summed E-state index contributed by atoms with van der Waals surface area (Å²) in [6.07, 6.45) is 4.13. The predicted octanol–water partition coefficient (Wildman–Crippen LogP) is 1.06. The van der Waals surface area contributed by atoms with Crippen LogP contribution in [0.1, 0.15) is 30.7 Å². The molecule has 0 aliphatic carbocycles. The summed E-state index contributed by atoms with van der Waals surface area (Å²) < 4.78 is 5.41. The Balaban J connectivity index is 1.54. The average molecular weight is 264 g/mol. The number of piperazine rings is 1. The number of nitrogens with one attached hydrogen (secondary N) is 1. The highest BCUT2D eigenvalue weighted by Crippen LogP contribution is 2.22. The zero-order valence-corrected chi connectivity index (χ0v) is 11.8. The minimum absolute atomic E-state index is 0.766. The monoisotopic (exact) mass is 264 g/mol. The first kappa shape index (κ1) is 13.1. The molecule has 1 atom stereocenters. The van der Waals surface area contributed by atoms with Crippen LogP contribution in [0.15, 0.2) is 10.6 Å². The van der Waals surface area contributed by atoms with Crippen molar-refractivity contribution in [3.05, 3.63) is 17.5 Å². The lowest BCUT2D eigenvalue weighted by Crippen LogP contribution is -2.54. The van der Waals surface area contributed by atoms with Crippen LogP contribution in [0.5, 0.6) is 0 Å². The summed E-state index contributed by atoms with van der Waals surface area (Å²) in [7, 11) is 1.93. The van der Waals surface area contributed by atoms with E-state index in [1.807, 2.05) is 7.05 Å². The Morgan fingerprint density at radius 1 is 1.37 bits per heavy atom. The first-order chi connectivity index (χ1) is 9.35. The van der Waals surface area contributed by atoms with E-state index in [0.29, 0.717) is 0 Å². The van der Waals surface area contributed by atoms with Gasteiger partial charge in [0, 0.05) is 38.3 Å². The number of hydrogen-bond acceptors (Lipinski definition) is 5. The van der Waals surface area contributed by atoms with Gasteiger partial charge in [0.25, 0.3) is 0 Å². The van der Waals surface area contributed by atoms with E-state index in [1.54, 1.807) is 0 Å². The summed E-state index contributed by atoms with van der Waals surface area (Å²) in [5, 5.41) is 7.17. The SMILES string of the molecule is CNCc1cc(CN2CCN3CCCCC3C2)on1. The molecule has 0 spiro atoms. The van der Waals surface area contributed by atoms with Crippen LogP contribution in [0, 0.1) is 0 Å². The normalized spacial score (nSPS) is 25.4. The van der Waals surface area contributed by atoms with Gasteiger partial charge in [-0.05, 0) is 26.4 Å². The second-order valence-electron chi connectivity index (χ2n) is 5.74. The number of piperidine rings is 1. The Bertz CT molecular complexity index is 406. The molecule has 0 bridgehead atoms. The van der Waals surface area contributed by atoms with Gasteiger partial charge in [-0.1, -0.05) is 11.6 Å². The summed E-state index contributed by atoms with van der Waals surface area (Å²) in [6.45, 7) is 6.52. The summed E-state index contributed by atoms with van der Waals surface area (Å²) in [5.74, 6) is 0.995. The molecule has 0 saturated carbocycles. The van der Waals surface area contributed by atoms with E-state index in [4.69, 9.17) is 4.52 Å². The molecule has 2 fully saturated rings. The molecule has 3 rings (SSSR count). The maximum absolute atomic E-state index is 5.41. The fourth-order valence-corrected chi connectivity index (χ4v) is 3.28. The van der Waals surface area contributed by atoms with Gasteiger partial charge in [0.2, 0.25) is 0 Å². The Morgan fingerprint density at radius 2 is 2.32 bits per heavy atom. The molecule has 106 valence electrons. The van der Waals surface area contributed by atoms with Crippen LogP contribution in [-0.2, 0) is 13.1 Å². The number of fused-ring (bicyclic) bond motifs is 1. The van der Waals surface area contributed by atoms with Gasteiger partial charge in [0.1, 0.15) is 0 Å². The van der Waals surface area contributed by atoms with Crippen molar-refractivity contribution in [2.45, 2.75) is 38.4 Å². The molecule has 1 aromatic rings. The van der Waals surface area contributed by atoms with Crippen LogP contribution >= 0.6 is 0 Å². The molecule has 3 heterocycles. The summed E-state index contributed by atoms with van der Waals surface area (Å²) in [6, 6.07) is 2.84. The molecule has 0 amide bonds. The topological polar surface area (TPSA) is 44.5 Å². The fourth-order valence-electron chi connectivity index (χ4n) is 3.28. The molecule has 1 N–H and O–H groups in total. The van der Waals surface area contributed by atoms with Crippen LogP contribution in [0.4, 0.5) is 0 Å². The largest absolute Gasteiger partial charge is 0.360 e. The molecule has 2 aliphatic rings. The molecule has 5 heteroatoms. The Kier molecular flexibility index (Phi) is 4.15.